The highest BCUT2D eigenvalue weighted by Crippen LogP contribution is 2.29. The molecule has 1 aliphatic carbocycles. The van der Waals surface area contributed by atoms with Crippen LogP contribution in [0, 0.1) is 5.92 Å². The van der Waals surface area contributed by atoms with E-state index in [-0.39, 0.29) is 23.3 Å². The van der Waals surface area contributed by atoms with E-state index in [1.165, 1.54) is 4.90 Å². The van der Waals surface area contributed by atoms with Gasteiger partial charge in [-0.3, -0.25) is 14.4 Å². The molecule has 2 amide bonds. The number of aldehydes is 2. The highest BCUT2D eigenvalue weighted by atomic mass is 16.2. The predicted octanol–water partition coefficient (Wildman–Crippen LogP) is 1.28. The number of piperidine rings is 1. The van der Waals surface area contributed by atoms with Crippen LogP contribution in [0.3, 0.4) is 0 Å². The average Bonchev–Trinajstić information content (AvgIpc) is 3.01. The van der Waals surface area contributed by atoms with Gasteiger partial charge in [0.2, 0.25) is 5.91 Å². The van der Waals surface area contributed by atoms with E-state index in [9.17, 15) is 19.2 Å². The molecule has 1 aromatic rings. The summed E-state index contributed by atoms with van der Waals surface area (Å²) in [6, 6.07) is 2.80. The number of benzene rings is 1. The molecule has 1 aromatic carbocycles. The van der Waals surface area contributed by atoms with Crippen LogP contribution >= 0.6 is 0 Å². The SMILES string of the molecule is C=C1CCC(N(C)C(=O)c2cc3c(cc2C=O)CC(C=O)C3)C(=O)N1. The van der Waals surface area contributed by atoms with Gasteiger partial charge in [0.05, 0.1) is 5.56 Å². The van der Waals surface area contributed by atoms with Gasteiger partial charge in [-0.1, -0.05) is 6.58 Å². The summed E-state index contributed by atoms with van der Waals surface area (Å²) in [4.78, 5) is 48.9. The van der Waals surface area contributed by atoms with Crippen molar-refractivity contribution in [2.75, 3.05) is 7.05 Å². The van der Waals surface area contributed by atoms with Gasteiger partial charge >= 0.3 is 0 Å². The van der Waals surface area contributed by atoms with E-state index in [4.69, 9.17) is 0 Å². The second-order valence-electron chi connectivity index (χ2n) is 6.69. The molecule has 0 saturated carbocycles. The molecule has 1 N–H and O–H groups in total. The summed E-state index contributed by atoms with van der Waals surface area (Å²) in [5.41, 5.74) is 3.07. The smallest absolute Gasteiger partial charge is 0.255 e. The number of rotatable bonds is 4. The van der Waals surface area contributed by atoms with Crippen LogP contribution in [0.25, 0.3) is 0 Å². The van der Waals surface area contributed by atoms with E-state index >= 15 is 0 Å². The number of amides is 2. The zero-order chi connectivity index (χ0) is 18.1. The maximum Gasteiger partial charge on any atom is 0.255 e. The third-order valence-corrected chi connectivity index (χ3v) is 5.00. The van der Waals surface area contributed by atoms with Crippen molar-refractivity contribution in [1.29, 1.82) is 0 Å². The van der Waals surface area contributed by atoms with E-state index in [1.54, 1.807) is 19.2 Å². The Labute approximate surface area is 145 Å². The molecule has 6 heteroatoms. The summed E-state index contributed by atoms with van der Waals surface area (Å²) in [7, 11) is 1.57. The maximum absolute atomic E-state index is 12.9. The van der Waals surface area contributed by atoms with Gasteiger partial charge in [0.1, 0.15) is 12.3 Å². The summed E-state index contributed by atoms with van der Waals surface area (Å²) >= 11 is 0. The van der Waals surface area contributed by atoms with Gasteiger partial charge in [-0.05, 0) is 48.9 Å². The lowest BCUT2D eigenvalue weighted by molar-refractivity contribution is -0.125. The lowest BCUT2D eigenvalue weighted by Crippen LogP contribution is -2.50. The number of nitrogens with one attached hydrogen (secondary N) is 1. The summed E-state index contributed by atoms with van der Waals surface area (Å²) < 4.78 is 0. The first kappa shape index (κ1) is 17.1. The molecular formula is C19H20N2O4. The van der Waals surface area contributed by atoms with E-state index in [0.717, 1.165) is 17.4 Å². The molecule has 6 nitrogen and oxygen atoms in total. The standard InChI is InChI=1S/C19H20N2O4/c1-11-3-4-17(18(24)20-11)21(2)19(25)16-8-14-6-12(9-22)5-13(14)7-15(16)10-23/h7-10,12,17H,1,3-6H2,2H3,(H,20,24). The molecule has 1 aliphatic heterocycles. The Bertz CT molecular complexity index is 784. The van der Waals surface area contributed by atoms with Crippen molar-refractivity contribution in [3.05, 3.63) is 46.7 Å². The van der Waals surface area contributed by atoms with Gasteiger partial charge in [0.25, 0.3) is 5.91 Å². The molecule has 1 fully saturated rings. The Morgan fingerprint density at radius 1 is 1.28 bits per heavy atom. The van der Waals surface area contributed by atoms with Crippen molar-refractivity contribution < 1.29 is 19.2 Å². The number of hydrogen-bond donors (Lipinski definition) is 1. The quantitative estimate of drug-likeness (QED) is 0.837. The van der Waals surface area contributed by atoms with Gasteiger partial charge in [-0.25, -0.2) is 0 Å². The number of likely N-dealkylation sites (N-methyl/N-ethyl adjacent to an activating group) is 1. The molecule has 0 spiro atoms. The molecule has 130 valence electrons. The van der Waals surface area contributed by atoms with Crippen LogP contribution in [0.2, 0.25) is 0 Å². The minimum Gasteiger partial charge on any atom is -0.330 e. The first-order chi connectivity index (χ1) is 11.9. The maximum atomic E-state index is 12.9. The molecule has 2 atom stereocenters. The Balaban J connectivity index is 1.89. The van der Waals surface area contributed by atoms with Crippen LogP contribution in [0.1, 0.15) is 44.7 Å². The second kappa shape index (κ2) is 6.63. The molecule has 2 unspecified atom stereocenters. The molecular weight excluding hydrogens is 320 g/mol. The zero-order valence-electron chi connectivity index (χ0n) is 14.1. The van der Waals surface area contributed by atoms with Gasteiger partial charge < -0.3 is 15.0 Å². The number of carbonyl (C=O) groups is 4. The van der Waals surface area contributed by atoms with Crippen molar-refractivity contribution in [1.82, 2.24) is 10.2 Å². The van der Waals surface area contributed by atoms with Crippen molar-refractivity contribution in [3.8, 4) is 0 Å². The van der Waals surface area contributed by atoms with Crippen molar-refractivity contribution in [3.63, 3.8) is 0 Å². The van der Waals surface area contributed by atoms with Crippen LogP contribution < -0.4 is 5.32 Å². The van der Waals surface area contributed by atoms with Crippen molar-refractivity contribution in [2.45, 2.75) is 31.7 Å². The van der Waals surface area contributed by atoms with Crippen LogP contribution in [-0.4, -0.2) is 42.4 Å². The summed E-state index contributed by atoms with van der Waals surface area (Å²) in [6.07, 6.45) is 3.84. The van der Waals surface area contributed by atoms with Crippen molar-refractivity contribution in [2.24, 2.45) is 5.92 Å². The highest BCUT2D eigenvalue weighted by molar-refractivity contribution is 6.03. The number of nitrogens with zero attached hydrogens (tertiary/aromatic N) is 1. The number of fused-ring (bicyclic) bond motifs is 1. The minimum absolute atomic E-state index is 0.104. The molecule has 0 radical (unpaired) electrons. The fraction of sp³-hybridized carbons (Fsp3) is 0.368. The lowest BCUT2D eigenvalue weighted by Gasteiger charge is -2.31. The Morgan fingerprint density at radius 2 is 1.96 bits per heavy atom. The topological polar surface area (TPSA) is 83.6 Å². The Morgan fingerprint density at radius 3 is 2.56 bits per heavy atom. The van der Waals surface area contributed by atoms with Gasteiger partial charge in [-0.15, -0.1) is 0 Å². The largest absolute Gasteiger partial charge is 0.330 e. The lowest BCUT2D eigenvalue weighted by atomic mass is 9.98. The first-order valence-corrected chi connectivity index (χ1v) is 8.26. The van der Waals surface area contributed by atoms with E-state index in [2.05, 4.69) is 11.9 Å². The van der Waals surface area contributed by atoms with E-state index < -0.39 is 6.04 Å². The molecule has 1 saturated heterocycles. The number of carbonyl (C=O) groups excluding carboxylic acids is 4. The van der Waals surface area contributed by atoms with E-state index in [1.807, 2.05) is 0 Å². The summed E-state index contributed by atoms with van der Waals surface area (Å²) in [5, 5.41) is 2.66. The Hall–Kier alpha value is -2.76. The molecule has 0 bridgehead atoms. The molecule has 2 aliphatic rings. The molecule has 1 heterocycles. The predicted molar refractivity (Wildman–Crippen MR) is 91.2 cm³/mol. The highest BCUT2D eigenvalue weighted by Gasteiger charge is 2.32. The fourth-order valence-electron chi connectivity index (χ4n) is 3.57. The Kier molecular flexibility index (Phi) is 4.53. The molecule has 25 heavy (non-hydrogen) atoms. The monoisotopic (exact) mass is 340 g/mol. The summed E-state index contributed by atoms with van der Waals surface area (Å²) in [5.74, 6) is -0.734. The first-order valence-electron chi connectivity index (χ1n) is 8.26. The third-order valence-electron chi connectivity index (χ3n) is 5.00. The third kappa shape index (κ3) is 3.12. The van der Waals surface area contributed by atoms with Gasteiger partial charge in [0, 0.05) is 24.2 Å². The van der Waals surface area contributed by atoms with E-state index in [0.29, 0.717) is 43.2 Å². The minimum atomic E-state index is -0.589. The molecule has 3 rings (SSSR count). The van der Waals surface area contributed by atoms with Crippen molar-refractivity contribution >= 4 is 24.4 Å². The normalized spacial score (nSPS) is 22.1. The number of allylic oxidation sites excluding steroid dienone is 1. The van der Waals surface area contributed by atoms with Crippen LogP contribution in [-0.2, 0) is 22.4 Å². The van der Waals surface area contributed by atoms with Crippen LogP contribution in [0.4, 0.5) is 0 Å². The summed E-state index contributed by atoms with van der Waals surface area (Å²) in [6.45, 7) is 3.73. The van der Waals surface area contributed by atoms with Crippen LogP contribution in [0.15, 0.2) is 24.4 Å². The fourth-order valence-corrected chi connectivity index (χ4v) is 3.57. The second-order valence-corrected chi connectivity index (χ2v) is 6.69. The zero-order valence-corrected chi connectivity index (χ0v) is 14.1. The average molecular weight is 340 g/mol. The van der Waals surface area contributed by atoms with Crippen LogP contribution in [0.5, 0.6) is 0 Å². The number of hydrogen-bond acceptors (Lipinski definition) is 4. The molecule has 0 aromatic heterocycles. The van der Waals surface area contributed by atoms with Gasteiger partial charge in [-0.2, -0.15) is 0 Å². The van der Waals surface area contributed by atoms with Gasteiger partial charge in [0.15, 0.2) is 6.29 Å².